The van der Waals surface area contributed by atoms with E-state index in [1.807, 2.05) is 67.6 Å². The van der Waals surface area contributed by atoms with Crippen molar-refractivity contribution in [3.8, 4) is 22.1 Å². The predicted octanol–water partition coefficient (Wildman–Crippen LogP) is 5.80. The molecule has 1 N–H and O–H groups in total. The van der Waals surface area contributed by atoms with Crippen molar-refractivity contribution in [2.45, 2.75) is 17.8 Å². The molecule has 0 aliphatic rings. The summed E-state index contributed by atoms with van der Waals surface area (Å²) in [5.74, 6) is 2.88. The van der Waals surface area contributed by atoms with Crippen LogP contribution in [-0.2, 0) is 5.75 Å². The van der Waals surface area contributed by atoms with E-state index in [0.29, 0.717) is 23.3 Å². The average Bonchev–Trinajstić information content (AvgIpc) is 3.47. The van der Waals surface area contributed by atoms with Crippen LogP contribution in [0.15, 0.2) is 59.1 Å². The van der Waals surface area contributed by atoms with Crippen LogP contribution < -0.4 is 9.47 Å². The van der Waals surface area contributed by atoms with Gasteiger partial charge < -0.3 is 9.47 Å². The second kappa shape index (κ2) is 10.3. The smallest absolute Gasteiger partial charge is 0.209 e. The van der Waals surface area contributed by atoms with Crippen molar-refractivity contribution in [1.82, 2.24) is 20.2 Å². The molecule has 2 heterocycles. The van der Waals surface area contributed by atoms with Crippen molar-refractivity contribution in [2.75, 3.05) is 13.7 Å². The number of aromatic amines is 1. The molecule has 2 aromatic heterocycles. The van der Waals surface area contributed by atoms with Crippen molar-refractivity contribution in [3.05, 3.63) is 71.0 Å². The summed E-state index contributed by atoms with van der Waals surface area (Å²) in [5, 5.41) is 10.9. The zero-order valence-corrected chi connectivity index (χ0v) is 18.9. The van der Waals surface area contributed by atoms with E-state index < -0.39 is 0 Å². The van der Waals surface area contributed by atoms with Crippen molar-refractivity contribution < 1.29 is 9.47 Å². The average molecular weight is 451 g/mol. The first-order valence-electron chi connectivity index (χ1n) is 9.79. The van der Waals surface area contributed by atoms with E-state index in [2.05, 4.69) is 20.6 Å². The molecule has 0 atom stereocenters. The van der Waals surface area contributed by atoms with Gasteiger partial charge in [-0.1, -0.05) is 48.2 Å². The third-order valence-corrected chi connectivity index (χ3v) is 6.15. The summed E-state index contributed by atoms with van der Waals surface area (Å²) < 4.78 is 11.0. The maximum Gasteiger partial charge on any atom is 0.209 e. The summed E-state index contributed by atoms with van der Waals surface area (Å²) >= 11 is 3.16. The van der Waals surface area contributed by atoms with Crippen LogP contribution >= 0.6 is 23.1 Å². The number of hydrogen-bond acceptors (Lipinski definition) is 7. The summed E-state index contributed by atoms with van der Waals surface area (Å²) in [6, 6.07) is 16.0. The number of thiazole rings is 1. The first-order chi connectivity index (χ1) is 15.2. The number of nitrogens with one attached hydrogen (secondary N) is 1. The van der Waals surface area contributed by atoms with Crippen LogP contribution in [0.3, 0.4) is 0 Å². The van der Waals surface area contributed by atoms with Gasteiger partial charge in [-0.25, -0.2) is 9.97 Å². The number of ether oxygens (including phenoxy) is 2. The lowest BCUT2D eigenvalue weighted by Gasteiger charge is -2.09. The van der Waals surface area contributed by atoms with E-state index in [0.717, 1.165) is 33.4 Å². The van der Waals surface area contributed by atoms with E-state index in [4.69, 9.17) is 14.5 Å². The number of aromatic nitrogens is 4. The van der Waals surface area contributed by atoms with E-state index >= 15 is 0 Å². The van der Waals surface area contributed by atoms with Gasteiger partial charge in [0.05, 0.1) is 19.4 Å². The third kappa shape index (κ3) is 5.53. The van der Waals surface area contributed by atoms with Crippen LogP contribution in [-0.4, -0.2) is 33.9 Å². The van der Waals surface area contributed by atoms with E-state index in [1.165, 1.54) is 0 Å². The number of nitrogens with zero attached hydrogens (tertiary/aromatic N) is 3. The molecular formula is C23H22N4O2S2. The number of hydrogen-bond donors (Lipinski definition) is 1. The molecule has 2 aromatic carbocycles. The van der Waals surface area contributed by atoms with E-state index in [1.54, 1.807) is 30.2 Å². The molecule has 0 aliphatic carbocycles. The quantitative estimate of drug-likeness (QED) is 0.325. The van der Waals surface area contributed by atoms with Crippen molar-refractivity contribution in [2.24, 2.45) is 0 Å². The standard InChI is InChI=1S/C23H22N4O2S2/c1-3-29-19-11-10-17(13-20(19)28-2)22-24-18(14-30-22)15-31-23-25-21(26-27-23)12-9-16-7-5-4-6-8-16/h4-14H,3,15H2,1-2H3,(H,25,26,27)/b12-9+. The number of methoxy groups -OCH3 is 1. The Hall–Kier alpha value is -3.10. The fraction of sp³-hybridized carbons (Fsp3) is 0.174. The summed E-state index contributed by atoms with van der Waals surface area (Å²) in [5.41, 5.74) is 3.12. The molecule has 4 rings (SSSR count). The predicted molar refractivity (Wildman–Crippen MR) is 127 cm³/mol. The van der Waals surface area contributed by atoms with Gasteiger partial charge in [0.2, 0.25) is 5.16 Å². The Labute approximate surface area is 189 Å². The Morgan fingerprint density at radius 3 is 2.74 bits per heavy atom. The Bertz CT molecular complexity index is 1160. The van der Waals surface area contributed by atoms with Gasteiger partial charge >= 0.3 is 0 Å². The fourth-order valence-electron chi connectivity index (χ4n) is 2.86. The van der Waals surface area contributed by atoms with E-state index in [-0.39, 0.29) is 0 Å². The number of thioether (sulfide) groups is 1. The highest BCUT2D eigenvalue weighted by atomic mass is 32.2. The minimum absolute atomic E-state index is 0.597. The highest BCUT2D eigenvalue weighted by molar-refractivity contribution is 7.98. The van der Waals surface area contributed by atoms with Crippen LogP contribution in [0.1, 0.15) is 24.0 Å². The Kier molecular flexibility index (Phi) is 7.01. The molecule has 6 nitrogen and oxygen atoms in total. The zero-order valence-electron chi connectivity index (χ0n) is 17.2. The molecule has 0 saturated carbocycles. The summed E-state index contributed by atoms with van der Waals surface area (Å²) in [6.07, 6.45) is 3.93. The van der Waals surface area contributed by atoms with Gasteiger partial charge in [0.15, 0.2) is 11.5 Å². The SMILES string of the molecule is CCOc1ccc(-c2nc(CSc3n[nH]c(/C=C/c4ccccc4)n3)cs2)cc1OC. The molecular weight excluding hydrogens is 428 g/mol. The highest BCUT2D eigenvalue weighted by Gasteiger charge is 2.11. The number of rotatable bonds is 9. The van der Waals surface area contributed by atoms with Crippen molar-refractivity contribution in [1.29, 1.82) is 0 Å². The first-order valence-corrected chi connectivity index (χ1v) is 11.7. The first kappa shape index (κ1) is 21.1. The summed E-state index contributed by atoms with van der Waals surface area (Å²) in [7, 11) is 1.64. The van der Waals surface area contributed by atoms with Crippen LogP contribution in [0.2, 0.25) is 0 Å². The Morgan fingerprint density at radius 1 is 1.06 bits per heavy atom. The molecule has 0 aliphatic heterocycles. The second-order valence-electron chi connectivity index (χ2n) is 6.48. The molecule has 0 unspecified atom stereocenters. The van der Waals surface area contributed by atoms with Crippen LogP contribution in [0, 0.1) is 0 Å². The van der Waals surface area contributed by atoms with Crippen LogP contribution in [0.5, 0.6) is 11.5 Å². The van der Waals surface area contributed by atoms with Gasteiger partial charge in [0.25, 0.3) is 0 Å². The molecule has 0 amide bonds. The highest BCUT2D eigenvalue weighted by Crippen LogP contribution is 2.34. The lowest BCUT2D eigenvalue weighted by Crippen LogP contribution is -1.95. The molecule has 31 heavy (non-hydrogen) atoms. The fourth-order valence-corrected chi connectivity index (χ4v) is 4.48. The van der Waals surface area contributed by atoms with Crippen molar-refractivity contribution >= 4 is 35.3 Å². The second-order valence-corrected chi connectivity index (χ2v) is 8.28. The topological polar surface area (TPSA) is 72.9 Å². The van der Waals surface area contributed by atoms with Gasteiger partial charge in [-0.05, 0) is 36.8 Å². The molecule has 0 fully saturated rings. The Balaban J connectivity index is 1.38. The Morgan fingerprint density at radius 2 is 1.94 bits per heavy atom. The van der Waals surface area contributed by atoms with Gasteiger partial charge in [0, 0.05) is 16.7 Å². The number of H-pyrrole nitrogens is 1. The van der Waals surface area contributed by atoms with E-state index in [9.17, 15) is 0 Å². The largest absolute Gasteiger partial charge is 0.493 e. The molecule has 0 saturated heterocycles. The van der Waals surface area contributed by atoms with Gasteiger partial charge in [-0.2, -0.15) is 0 Å². The van der Waals surface area contributed by atoms with Crippen LogP contribution in [0.4, 0.5) is 0 Å². The van der Waals surface area contributed by atoms with Gasteiger partial charge in [-0.15, -0.1) is 16.4 Å². The minimum Gasteiger partial charge on any atom is -0.493 e. The number of benzene rings is 2. The molecule has 0 bridgehead atoms. The van der Waals surface area contributed by atoms with Crippen molar-refractivity contribution in [3.63, 3.8) is 0 Å². The van der Waals surface area contributed by atoms with Crippen LogP contribution in [0.25, 0.3) is 22.7 Å². The molecule has 0 spiro atoms. The normalized spacial score (nSPS) is 11.2. The molecule has 158 valence electrons. The maximum absolute atomic E-state index is 5.59. The molecule has 0 radical (unpaired) electrons. The lowest BCUT2D eigenvalue weighted by atomic mass is 10.2. The lowest BCUT2D eigenvalue weighted by molar-refractivity contribution is 0.311. The molecule has 8 heteroatoms. The zero-order chi connectivity index (χ0) is 21.5. The minimum atomic E-state index is 0.597. The summed E-state index contributed by atoms with van der Waals surface area (Å²) in [6.45, 7) is 2.55. The maximum atomic E-state index is 5.59. The molecule has 4 aromatic rings. The summed E-state index contributed by atoms with van der Waals surface area (Å²) in [4.78, 5) is 9.26. The third-order valence-electron chi connectivity index (χ3n) is 4.33. The van der Waals surface area contributed by atoms with Gasteiger partial charge in [0.1, 0.15) is 10.8 Å². The monoisotopic (exact) mass is 450 g/mol. The van der Waals surface area contributed by atoms with Gasteiger partial charge in [-0.3, -0.25) is 5.10 Å².